The smallest absolute Gasteiger partial charge is 0.202 e. The molecule has 12 heteroatoms. The number of phenolic OH excluding ortho intramolecular Hbond substituents is 2. The summed E-state index contributed by atoms with van der Waals surface area (Å²) in [6.45, 7) is 14.0. The van der Waals surface area contributed by atoms with Crippen molar-refractivity contribution < 1.29 is 54.5 Å². The fourth-order valence-electron chi connectivity index (χ4n) is 4.94. The molecule has 2 aliphatic carbocycles. The van der Waals surface area contributed by atoms with Gasteiger partial charge in [0.05, 0.1) is 48.7 Å². The fraction of sp³-hybridized carbons (Fsp3) is 0.472. The van der Waals surface area contributed by atoms with Crippen LogP contribution < -0.4 is 10.5 Å². The lowest BCUT2D eigenvalue weighted by molar-refractivity contribution is -0.141. The second-order valence-corrected chi connectivity index (χ2v) is 10.3. The van der Waals surface area contributed by atoms with Gasteiger partial charge in [0.25, 0.3) is 0 Å². The third-order valence-electron chi connectivity index (χ3n) is 7.58. The van der Waals surface area contributed by atoms with Gasteiger partial charge in [0.15, 0.2) is 11.6 Å². The quantitative estimate of drug-likeness (QED) is 0.135. The number of phenols is 2. The van der Waals surface area contributed by atoms with Gasteiger partial charge in [-0.05, 0) is 32.8 Å². The van der Waals surface area contributed by atoms with Crippen LogP contribution >= 0.6 is 0 Å². The Morgan fingerprint density at radius 2 is 1.58 bits per heavy atom. The van der Waals surface area contributed by atoms with Crippen molar-refractivity contribution in [1.82, 2.24) is 0 Å². The number of aliphatic hydroxyl groups is 4. The first-order chi connectivity index (χ1) is 22.8. The van der Waals surface area contributed by atoms with E-state index in [1.54, 1.807) is 13.0 Å². The number of methoxy groups -OCH3 is 2. The zero-order chi connectivity index (χ0) is 37.4. The Kier molecular flexibility index (Phi) is 19.4. The molecule has 0 saturated carbocycles. The number of nitrogens with two attached hydrogens (primary N) is 1. The monoisotopic (exact) mass is 675 g/mol. The molecule has 2 aliphatic rings. The number of Topliss-reactive ketones (excluding diaryl/α,β-unsaturated/α-hetero) is 1. The third kappa shape index (κ3) is 9.82. The van der Waals surface area contributed by atoms with Crippen LogP contribution in [0.3, 0.4) is 0 Å². The van der Waals surface area contributed by atoms with Crippen molar-refractivity contribution in [3.8, 4) is 17.2 Å². The molecule has 2 aromatic carbocycles. The van der Waals surface area contributed by atoms with Crippen molar-refractivity contribution in [2.45, 2.75) is 84.7 Å². The standard InChI is InChI=1S/C21H18O8.C6H15NO3.C5H8.2C2H6/c1-29-12-4-2-3-10-14(12)20(27)16-15(18(10)25)19(26)11-7-21(28,13(23)8-22)6-5-9(11)17(16)24;1-4(10-2)6(9)5(7)3-8;1-3-5-4-2;2*1-2/h2-4,22,24,26,28H,5-8H2,1H3;4-6,8-9H,3,7H2,1-2H3;3-5H,1H2,2H3;2*1-2H3/b;;5-4+;;/t21-;;;;/m1..../s1. The number of ketones is 3. The molecular weight excluding hydrogens is 622 g/mol. The summed E-state index contributed by atoms with van der Waals surface area (Å²) in [6, 6.07) is 3.85. The molecule has 4 rings (SSSR count). The summed E-state index contributed by atoms with van der Waals surface area (Å²) in [4.78, 5) is 38.2. The maximum absolute atomic E-state index is 13.1. The van der Waals surface area contributed by atoms with Gasteiger partial charge in [0, 0.05) is 30.2 Å². The van der Waals surface area contributed by atoms with E-state index < -0.39 is 53.2 Å². The number of ether oxygens (including phenoxy) is 2. The normalized spacial score (nSPS) is 17.4. The van der Waals surface area contributed by atoms with Crippen LogP contribution in [0.5, 0.6) is 17.2 Å². The minimum Gasteiger partial charge on any atom is -0.507 e. The molecule has 2 aromatic rings. The molecule has 48 heavy (non-hydrogen) atoms. The van der Waals surface area contributed by atoms with Crippen molar-refractivity contribution in [2.75, 3.05) is 27.4 Å². The summed E-state index contributed by atoms with van der Waals surface area (Å²) >= 11 is 0. The van der Waals surface area contributed by atoms with Crippen LogP contribution in [0.15, 0.2) is 43.0 Å². The third-order valence-corrected chi connectivity index (χ3v) is 7.58. The Labute approximate surface area is 283 Å². The number of hydrogen-bond donors (Lipinski definition) is 7. The molecule has 0 fully saturated rings. The number of carbonyl (C=O) groups is 3. The van der Waals surface area contributed by atoms with Crippen LogP contribution in [-0.4, -0.2) is 99.3 Å². The number of aliphatic hydroxyl groups excluding tert-OH is 3. The van der Waals surface area contributed by atoms with Crippen molar-refractivity contribution in [3.05, 3.63) is 76.4 Å². The highest BCUT2D eigenvalue weighted by atomic mass is 16.5. The largest absolute Gasteiger partial charge is 0.507 e. The van der Waals surface area contributed by atoms with Gasteiger partial charge in [-0.25, -0.2) is 0 Å². The summed E-state index contributed by atoms with van der Waals surface area (Å²) in [5.41, 5.74) is 2.94. The second-order valence-electron chi connectivity index (χ2n) is 10.3. The average molecular weight is 676 g/mol. The number of rotatable bonds is 8. The van der Waals surface area contributed by atoms with Crippen LogP contribution in [0, 0.1) is 0 Å². The minimum absolute atomic E-state index is 0.00456. The molecule has 0 heterocycles. The molecule has 4 atom stereocenters. The van der Waals surface area contributed by atoms with Gasteiger partial charge in [0.2, 0.25) is 5.78 Å². The van der Waals surface area contributed by atoms with Gasteiger partial charge in [-0.15, -0.1) is 0 Å². The van der Waals surface area contributed by atoms with Crippen LogP contribution in [0.4, 0.5) is 0 Å². The SMILES string of the molecule is C=C/C=C/C.CC.CC.COC(C)C(O)C(N)CO.COc1cccc2c1C(=O)c1c(O)c3c(c(O)c1C2=O)C[C@@](O)(C(=O)CO)CC3. The summed E-state index contributed by atoms with van der Waals surface area (Å²) in [5.74, 6) is -2.99. The molecule has 0 saturated heterocycles. The summed E-state index contributed by atoms with van der Waals surface area (Å²) in [5, 5.41) is 59.0. The van der Waals surface area contributed by atoms with E-state index in [2.05, 4.69) is 6.58 Å². The Hall–Kier alpha value is -3.91. The van der Waals surface area contributed by atoms with E-state index in [0.717, 1.165) is 0 Å². The number of fused-ring (bicyclic) bond motifs is 3. The Balaban J connectivity index is 0.000000967. The number of carbonyl (C=O) groups excluding carboxylic acids is 3. The van der Waals surface area contributed by atoms with Crippen molar-refractivity contribution in [1.29, 1.82) is 0 Å². The first-order valence-electron chi connectivity index (χ1n) is 15.8. The Morgan fingerprint density at radius 3 is 2.04 bits per heavy atom. The average Bonchev–Trinajstić information content (AvgIpc) is 3.12. The Bertz CT molecular complexity index is 1410. The molecule has 0 radical (unpaired) electrons. The van der Waals surface area contributed by atoms with Crippen LogP contribution in [-0.2, 0) is 22.4 Å². The highest BCUT2D eigenvalue weighted by molar-refractivity contribution is 6.31. The van der Waals surface area contributed by atoms with Crippen LogP contribution in [0.25, 0.3) is 0 Å². The summed E-state index contributed by atoms with van der Waals surface area (Å²) < 4.78 is 9.98. The second kappa shape index (κ2) is 21.1. The van der Waals surface area contributed by atoms with Crippen molar-refractivity contribution in [3.63, 3.8) is 0 Å². The van der Waals surface area contributed by atoms with Crippen molar-refractivity contribution in [2.24, 2.45) is 5.73 Å². The molecule has 0 amide bonds. The molecule has 268 valence electrons. The molecule has 0 bridgehead atoms. The van der Waals surface area contributed by atoms with E-state index in [1.807, 2.05) is 46.8 Å². The van der Waals surface area contributed by atoms with Crippen LogP contribution in [0.1, 0.15) is 90.9 Å². The van der Waals surface area contributed by atoms with Gasteiger partial charge in [-0.1, -0.05) is 64.6 Å². The molecule has 8 N–H and O–H groups in total. The topological polar surface area (TPSA) is 217 Å². The van der Waals surface area contributed by atoms with E-state index in [9.17, 15) is 34.8 Å². The van der Waals surface area contributed by atoms with E-state index in [1.165, 1.54) is 32.4 Å². The van der Waals surface area contributed by atoms with E-state index in [-0.39, 0.29) is 71.1 Å². The maximum atomic E-state index is 13.1. The highest BCUT2D eigenvalue weighted by Crippen LogP contribution is 2.48. The number of hydrogen-bond acceptors (Lipinski definition) is 12. The van der Waals surface area contributed by atoms with Gasteiger partial charge in [-0.2, -0.15) is 0 Å². The predicted octanol–water partition coefficient (Wildman–Crippen LogP) is 3.17. The Morgan fingerprint density at radius 1 is 1.02 bits per heavy atom. The summed E-state index contributed by atoms with van der Waals surface area (Å²) in [7, 11) is 2.84. The highest BCUT2D eigenvalue weighted by Gasteiger charge is 2.45. The molecule has 0 aromatic heterocycles. The first-order valence-corrected chi connectivity index (χ1v) is 15.8. The van der Waals surface area contributed by atoms with E-state index in [4.69, 9.17) is 25.4 Å². The number of benzene rings is 2. The van der Waals surface area contributed by atoms with Crippen molar-refractivity contribution >= 4 is 17.3 Å². The fourth-order valence-corrected chi connectivity index (χ4v) is 4.94. The molecular formula is C36H53NO11. The summed E-state index contributed by atoms with van der Waals surface area (Å²) in [6.07, 6.45) is 3.93. The van der Waals surface area contributed by atoms with Gasteiger partial charge < -0.3 is 45.8 Å². The molecule has 12 nitrogen and oxygen atoms in total. The molecule has 0 spiro atoms. The van der Waals surface area contributed by atoms with Gasteiger partial charge >= 0.3 is 0 Å². The molecule has 0 aliphatic heterocycles. The number of aromatic hydroxyl groups is 2. The zero-order valence-corrected chi connectivity index (χ0v) is 29.2. The zero-order valence-electron chi connectivity index (χ0n) is 29.2. The predicted molar refractivity (Wildman–Crippen MR) is 184 cm³/mol. The van der Waals surface area contributed by atoms with E-state index >= 15 is 0 Å². The van der Waals surface area contributed by atoms with Gasteiger partial charge in [0.1, 0.15) is 29.5 Å². The number of allylic oxidation sites excluding steroid dienone is 3. The minimum atomic E-state index is -1.93. The molecule has 3 unspecified atom stereocenters. The van der Waals surface area contributed by atoms with E-state index in [0.29, 0.717) is 0 Å². The van der Waals surface area contributed by atoms with Crippen LogP contribution in [0.2, 0.25) is 0 Å². The van der Waals surface area contributed by atoms with Gasteiger partial charge in [-0.3, -0.25) is 14.4 Å². The first kappa shape index (κ1) is 44.1. The lowest BCUT2D eigenvalue weighted by atomic mass is 9.73. The lowest BCUT2D eigenvalue weighted by Gasteiger charge is -2.34. The maximum Gasteiger partial charge on any atom is 0.202 e. The lowest BCUT2D eigenvalue weighted by Crippen LogP contribution is -2.45.